The van der Waals surface area contributed by atoms with Crippen molar-refractivity contribution in [3.8, 4) is 5.75 Å². The smallest absolute Gasteiger partial charge is 0.242 e. The van der Waals surface area contributed by atoms with Gasteiger partial charge in [0.2, 0.25) is 21.8 Å². The molecule has 1 N–H and O–H groups in total. The summed E-state index contributed by atoms with van der Waals surface area (Å²) in [7, 11) is -1.97. The van der Waals surface area contributed by atoms with Crippen molar-refractivity contribution < 1.29 is 22.7 Å². The third kappa shape index (κ3) is 8.26. The number of sulfonamides is 1. The van der Waals surface area contributed by atoms with Gasteiger partial charge >= 0.3 is 0 Å². The van der Waals surface area contributed by atoms with E-state index in [9.17, 15) is 18.0 Å². The fraction of sp³-hybridized carbons (Fsp3) is 0.481. The minimum Gasteiger partial charge on any atom is -0.497 e. The number of carbonyl (C=O) groups excluding carboxylic acids is 2. The Bertz CT molecular complexity index is 1150. The lowest BCUT2D eigenvalue weighted by molar-refractivity contribution is -0.140. The van der Waals surface area contributed by atoms with Crippen molar-refractivity contribution in [1.82, 2.24) is 10.2 Å². The molecule has 36 heavy (non-hydrogen) atoms. The zero-order valence-electron chi connectivity index (χ0n) is 22.2. The summed E-state index contributed by atoms with van der Waals surface area (Å²) in [5, 5.41) is 2.86. The highest BCUT2D eigenvalue weighted by molar-refractivity contribution is 7.92. The summed E-state index contributed by atoms with van der Waals surface area (Å²) >= 11 is 0. The summed E-state index contributed by atoms with van der Waals surface area (Å²) in [5.74, 6) is 0.230. The third-order valence-corrected chi connectivity index (χ3v) is 7.17. The van der Waals surface area contributed by atoms with E-state index in [-0.39, 0.29) is 31.3 Å². The Morgan fingerprint density at radius 3 is 2.47 bits per heavy atom. The maximum absolute atomic E-state index is 13.4. The number of anilines is 1. The third-order valence-electron chi connectivity index (χ3n) is 5.99. The summed E-state index contributed by atoms with van der Waals surface area (Å²) in [5.41, 5.74) is 3.26. The molecule has 0 saturated heterocycles. The molecular weight excluding hydrogens is 478 g/mol. The maximum atomic E-state index is 13.4. The monoisotopic (exact) mass is 517 g/mol. The Kier molecular flexibility index (Phi) is 10.8. The van der Waals surface area contributed by atoms with E-state index in [1.807, 2.05) is 63.2 Å². The van der Waals surface area contributed by atoms with Crippen molar-refractivity contribution in [3.63, 3.8) is 0 Å². The molecule has 0 spiro atoms. The largest absolute Gasteiger partial charge is 0.497 e. The maximum Gasteiger partial charge on any atom is 0.242 e. The van der Waals surface area contributed by atoms with Crippen molar-refractivity contribution in [1.29, 1.82) is 0 Å². The van der Waals surface area contributed by atoms with Crippen LogP contribution in [0.15, 0.2) is 42.5 Å². The molecule has 0 bridgehead atoms. The predicted octanol–water partition coefficient (Wildman–Crippen LogP) is 3.80. The predicted molar refractivity (Wildman–Crippen MR) is 144 cm³/mol. The molecule has 0 unspecified atom stereocenters. The quantitative estimate of drug-likeness (QED) is 0.436. The molecule has 2 amide bonds. The van der Waals surface area contributed by atoms with E-state index >= 15 is 0 Å². The molecule has 1 atom stereocenters. The summed E-state index contributed by atoms with van der Waals surface area (Å²) in [4.78, 5) is 27.6. The number of nitrogens with one attached hydrogen (secondary N) is 1. The van der Waals surface area contributed by atoms with Crippen LogP contribution in [0.3, 0.4) is 0 Å². The van der Waals surface area contributed by atoms with E-state index in [2.05, 4.69) is 5.32 Å². The first kappa shape index (κ1) is 29.2. The highest BCUT2D eigenvalue weighted by Gasteiger charge is 2.27. The van der Waals surface area contributed by atoms with Crippen LogP contribution in [0.2, 0.25) is 0 Å². The number of nitrogens with zero attached hydrogens (tertiary/aromatic N) is 2. The molecule has 0 aliphatic rings. The van der Waals surface area contributed by atoms with Crippen LogP contribution < -0.4 is 14.4 Å². The van der Waals surface area contributed by atoms with Gasteiger partial charge in [-0.15, -0.1) is 0 Å². The standard InChI is InChI=1S/C27H39N3O5S/c1-7-15-28-27(32)22(4)29(19-23-10-8-11-24(18-23)35-5)26(31)12-9-16-30(36(6,33)34)25-17-20(2)13-14-21(25)3/h8,10-11,13-14,17-18,22H,7,9,12,15-16,19H2,1-6H3,(H,28,32)/t22-/m0/s1. The molecule has 0 heterocycles. The molecular formula is C27H39N3O5S. The first-order valence-corrected chi connectivity index (χ1v) is 14.1. The number of hydrogen-bond acceptors (Lipinski definition) is 5. The molecule has 2 aromatic rings. The second-order valence-electron chi connectivity index (χ2n) is 9.07. The molecule has 0 radical (unpaired) electrons. The van der Waals surface area contributed by atoms with Crippen LogP contribution in [0.1, 0.15) is 49.8 Å². The van der Waals surface area contributed by atoms with Gasteiger partial charge in [0.1, 0.15) is 11.8 Å². The van der Waals surface area contributed by atoms with Crippen LogP contribution in [0.4, 0.5) is 5.69 Å². The molecule has 0 fully saturated rings. The Morgan fingerprint density at radius 2 is 1.83 bits per heavy atom. The zero-order valence-corrected chi connectivity index (χ0v) is 23.0. The number of hydrogen-bond donors (Lipinski definition) is 1. The van der Waals surface area contributed by atoms with Crippen molar-refractivity contribution in [2.24, 2.45) is 0 Å². The van der Waals surface area contributed by atoms with Crippen molar-refractivity contribution in [2.75, 3.05) is 30.8 Å². The first-order valence-electron chi connectivity index (χ1n) is 12.2. The van der Waals surface area contributed by atoms with Gasteiger partial charge in [-0.3, -0.25) is 13.9 Å². The number of methoxy groups -OCH3 is 1. The topological polar surface area (TPSA) is 96.0 Å². The molecule has 0 aromatic heterocycles. The lowest BCUT2D eigenvalue weighted by Crippen LogP contribution is -2.47. The van der Waals surface area contributed by atoms with E-state index in [1.54, 1.807) is 18.9 Å². The zero-order chi connectivity index (χ0) is 26.9. The average Bonchev–Trinajstić information content (AvgIpc) is 2.84. The second-order valence-corrected chi connectivity index (χ2v) is 11.0. The number of carbonyl (C=O) groups is 2. The van der Waals surface area contributed by atoms with Gasteiger partial charge in [0.25, 0.3) is 0 Å². The Balaban J connectivity index is 2.21. The summed E-state index contributed by atoms with van der Waals surface area (Å²) in [6, 6.07) is 12.4. The van der Waals surface area contributed by atoms with E-state index in [4.69, 9.17) is 4.74 Å². The lowest BCUT2D eigenvalue weighted by atomic mass is 10.1. The average molecular weight is 518 g/mol. The number of aryl methyl sites for hydroxylation is 2. The van der Waals surface area contributed by atoms with Crippen LogP contribution in [-0.4, -0.2) is 57.6 Å². The highest BCUT2D eigenvalue weighted by Crippen LogP contribution is 2.25. The van der Waals surface area contributed by atoms with E-state index < -0.39 is 16.1 Å². The fourth-order valence-electron chi connectivity index (χ4n) is 3.92. The number of rotatable bonds is 13. The normalized spacial score (nSPS) is 12.1. The fourth-order valence-corrected chi connectivity index (χ4v) is 4.93. The van der Waals surface area contributed by atoms with E-state index in [0.29, 0.717) is 24.4 Å². The minimum atomic E-state index is -3.54. The van der Waals surface area contributed by atoms with Gasteiger partial charge < -0.3 is 15.0 Å². The van der Waals surface area contributed by atoms with Gasteiger partial charge in [-0.05, 0) is 68.5 Å². The minimum absolute atomic E-state index is 0.103. The molecule has 0 aliphatic carbocycles. The summed E-state index contributed by atoms with van der Waals surface area (Å²) < 4.78 is 31.8. The number of ether oxygens (including phenoxy) is 1. The molecule has 2 aromatic carbocycles. The van der Waals surface area contributed by atoms with Crippen molar-refractivity contribution in [3.05, 3.63) is 59.2 Å². The second kappa shape index (κ2) is 13.3. The van der Waals surface area contributed by atoms with Crippen molar-refractivity contribution in [2.45, 2.75) is 59.5 Å². The molecule has 9 heteroatoms. The summed E-state index contributed by atoms with van der Waals surface area (Å²) in [6.07, 6.45) is 2.39. The SMILES string of the molecule is CCCNC(=O)[C@H](C)N(Cc1cccc(OC)c1)C(=O)CCCN(c1cc(C)ccc1C)S(C)(=O)=O. The van der Waals surface area contributed by atoms with Gasteiger partial charge in [-0.2, -0.15) is 0 Å². The van der Waals surface area contributed by atoms with Gasteiger partial charge in [0, 0.05) is 26.1 Å². The van der Waals surface area contributed by atoms with E-state index in [1.165, 1.54) is 10.6 Å². The highest BCUT2D eigenvalue weighted by atomic mass is 32.2. The molecule has 0 saturated carbocycles. The molecule has 2 rings (SSSR count). The Labute approximate surface area is 215 Å². The van der Waals surface area contributed by atoms with Crippen LogP contribution in [0.5, 0.6) is 5.75 Å². The van der Waals surface area contributed by atoms with Crippen LogP contribution >= 0.6 is 0 Å². The van der Waals surface area contributed by atoms with Crippen molar-refractivity contribution >= 4 is 27.5 Å². The van der Waals surface area contributed by atoms with Gasteiger partial charge in [-0.25, -0.2) is 8.42 Å². The summed E-state index contributed by atoms with van der Waals surface area (Å²) in [6.45, 7) is 8.39. The van der Waals surface area contributed by atoms with Gasteiger partial charge in [0.05, 0.1) is 19.1 Å². The molecule has 8 nitrogen and oxygen atoms in total. The van der Waals surface area contributed by atoms with E-state index in [0.717, 1.165) is 23.1 Å². The number of amides is 2. The van der Waals surface area contributed by atoms with Gasteiger partial charge in [-0.1, -0.05) is 31.2 Å². The molecule has 198 valence electrons. The van der Waals surface area contributed by atoms with Crippen LogP contribution in [0, 0.1) is 13.8 Å². The molecule has 0 aliphatic heterocycles. The lowest BCUT2D eigenvalue weighted by Gasteiger charge is -2.29. The Hall–Kier alpha value is -3.07. The van der Waals surface area contributed by atoms with Crippen LogP contribution in [-0.2, 0) is 26.2 Å². The number of benzene rings is 2. The first-order chi connectivity index (χ1) is 17.0. The van der Waals surface area contributed by atoms with Gasteiger partial charge in [0.15, 0.2) is 0 Å². The Morgan fingerprint density at radius 1 is 1.11 bits per heavy atom. The van der Waals surface area contributed by atoms with Crippen LogP contribution in [0.25, 0.3) is 0 Å².